The first-order valence-corrected chi connectivity index (χ1v) is 11.9. The number of nitrogens with zero attached hydrogens (tertiary/aromatic N) is 2. The molecule has 1 aromatic heterocycles. The Bertz CT molecular complexity index is 946. The summed E-state index contributed by atoms with van der Waals surface area (Å²) in [6, 6.07) is 20.8. The zero-order chi connectivity index (χ0) is 22.3. The second kappa shape index (κ2) is 10.8. The number of amides is 1. The normalized spacial score (nSPS) is 16.2. The molecule has 0 unspecified atom stereocenters. The van der Waals surface area contributed by atoms with Crippen LogP contribution in [-0.4, -0.2) is 46.2 Å². The number of ether oxygens (including phenoxy) is 1. The van der Waals surface area contributed by atoms with Crippen LogP contribution < -0.4 is 5.32 Å². The van der Waals surface area contributed by atoms with Gasteiger partial charge in [-0.05, 0) is 30.9 Å². The van der Waals surface area contributed by atoms with Crippen LogP contribution in [0.2, 0.25) is 0 Å². The van der Waals surface area contributed by atoms with E-state index < -0.39 is 12.0 Å². The van der Waals surface area contributed by atoms with Gasteiger partial charge in [0.05, 0.1) is 11.8 Å². The van der Waals surface area contributed by atoms with E-state index in [0.29, 0.717) is 5.13 Å². The van der Waals surface area contributed by atoms with E-state index in [4.69, 9.17) is 4.74 Å². The molecule has 3 aromatic rings. The molecule has 0 saturated carbocycles. The van der Waals surface area contributed by atoms with Gasteiger partial charge in [-0.1, -0.05) is 60.7 Å². The van der Waals surface area contributed by atoms with Crippen molar-refractivity contribution in [2.24, 2.45) is 0 Å². The summed E-state index contributed by atoms with van der Waals surface area (Å²) < 4.78 is 6.62. The van der Waals surface area contributed by atoms with E-state index in [1.165, 1.54) is 29.4 Å². The number of aliphatic hydroxyl groups is 1. The van der Waals surface area contributed by atoms with E-state index >= 15 is 0 Å². The summed E-state index contributed by atoms with van der Waals surface area (Å²) in [4.78, 5) is 18.5. The molecule has 2 heterocycles. The topological polar surface area (TPSA) is 74.7 Å². The number of aromatic nitrogens is 1. The predicted octanol–water partition coefficient (Wildman–Crippen LogP) is 4.23. The summed E-state index contributed by atoms with van der Waals surface area (Å²) in [5.41, 5.74) is 3.28. The number of aliphatic hydroxyl groups excluding tert-OH is 1. The highest BCUT2D eigenvalue weighted by Gasteiger charge is 2.25. The predicted molar refractivity (Wildman–Crippen MR) is 127 cm³/mol. The van der Waals surface area contributed by atoms with E-state index in [9.17, 15) is 9.90 Å². The van der Waals surface area contributed by atoms with E-state index in [1.807, 2.05) is 17.5 Å². The number of hydrogen-bond acceptors (Lipinski definition) is 6. The summed E-state index contributed by atoms with van der Waals surface area (Å²) in [6.07, 6.45) is 1.02. The Balaban J connectivity index is 1.32. The summed E-state index contributed by atoms with van der Waals surface area (Å²) in [6.45, 7) is 4.06. The molecule has 2 aromatic carbocycles. The van der Waals surface area contributed by atoms with Crippen LogP contribution in [0.5, 0.6) is 0 Å². The maximum atomic E-state index is 11.6. The fourth-order valence-corrected chi connectivity index (χ4v) is 4.58. The fraction of sp³-hybridized carbons (Fsp3) is 0.360. The molecule has 7 heteroatoms. The van der Waals surface area contributed by atoms with E-state index in [1.54, 1.807) is 0 Å². The summed E-state index contributed by atoms with van der Waals surface area (Å²) >= 11 is 1.38. The number of rotatable bonds is 8. The number of piperidine rings is 1. The number of carbonyl (C=O) groups excluding carboxylic acids is 1. The Hall–Kier alpha value is -2.58. The van der Waals surface area contributed by atoms with Crippen molar-refractivity contribution in [3.63, 3.8) is 0 Å². The molecule has 0 bridgehead atoms. The first-order valence-electron chi connectivity index (χ1n) is 11.0. The molecule has 168 valence electrons. The second-order valence-corrected chi connectivity index (χ2v) is 8.98. The van der Waals surface area contributed by atoms with Gasteiger partial charge in [-0.3, -0.25) is 15.0 Å². The van der Waals surface area contributed by atoms with Crippen LogP contribution in [-0.2, 0) is 16.1 Å². The molecule has 1 aliphatic rings. The molecule has 2 N–H and O–H groups in total. The van der Waals surface area contributed by atoms with E-state index in [-0.39, 0.29) is 12.2 Å². The van der Waals surface area contributed by atoms with Crippen LogP contribution in [0, 0.1) is 0 Å². The molecule has 32 heavy (non-hydrogen) atoms. The number of nitrogens with one attached hydrogen (secondary N) is 1. The Morgan fingerprint density at radius 2 is 1.72 bits per heavy atom. The summed E-state index contributed by atoms with van der Waals surface area (Å²) in [5, 5.41) is 14.5. The van der Waals surface area contributed by atoms with Gasteiger partial charge in [0.1, 0.15) is 12.2 Å². The maximum absolute atomic E-state index is 11.6. The van der Waals surface area contributed by atoms with Crippen LogP contribution in [0.4, 0.5) is 5.13 Å². The minimum absolute atomic E-state index is 0.0624. The smallest absolute Gasteiger partial charge is 0.254 e. The third kappa shape index (κ3) is 6.01. The highest BCUT2D eigenvalue weighted by atomic mass is 32.1. The van der Waals surface area contributed by atoms with Crippen LogP contribution >= 0.6 is 11.3 Å². The minimum Gasteiger partial charge on any atom is -0.384 e. The lowest BCUT2D eigenvalue weighted by Crippen LogP contribution is -2.37. The van der Waals surface area contributed by atoms with Crippen LogP contribution in [0.25, 0.3) is 0 Å². The molecule has 0 spiro atoms. The zero-order valence-corrected chi connectivity index (χ0v) is 19.0. The lowest BCUT2D eigenvalue weighted by atomic mass is 10.00. The van der Waals surface area contributed by atoms with E-state index in [0.717, 1.165) is 38.2 Å². The van der Waals surface area contributed by atoms with Gasteiger partial charge in [-0.15, -0.1) is 11.3 Å². The number of hydrogen-bond donors (Lipinski definition) is 2. The van der Waals surface area contributed by atoms with Gasteiger partial charge in [0.25, 0.3) is 5.91 Å². The zero-order valence-electron chi connectivity index (χ0n) is 18.2. The Labute approximate surface area is 192 Å². The average Bonchev–Trinajstić information content (AvgIpc) is 3.26. The molecular weight excluding hydrogens is 422 g/mol. The van der Waals surface area contributed by atoms with Crippen molar-refractivity contribution in [1.29, 1.82) is 0 Å². The lowest BCUT2D eigenvalue weighted by molar-refractivity contribution is -0.123. The molecule has 6 nitrogen and oxygen atoms in total. The van der Waals surface area contributed by atoms with Crippen LogP contribution in [0.1, 0.15) is 42.7 Å². The van der Waals surface area contributed by atoms with Crippen molar-refractivity contribution in [2.75, 3.05) is 18.4 Å². The molecule has 1 amide bonds. The van der Waals surface area contributed by atoms with Crippen LogP contribution in [0.15, 0.2) is 66.0 Å². The summed E-state index contributed by atoms with van der Waals surface area (Å²) in [5.74, 6) is -0.435. The molecular formula is C25H29N3O3S. The highest BCUT2D eigenvalue weighted by Crippen LogP contribution is 2.30. The molecule has 1 aliphatic heterocycles. The number of anilines is 1. The van der Waals surface area contributed by atoms with Gasteiger partial charge >= 0.3 is 0 Å². The van der Waals surface area contributed by atoms with Gasteiger partial charge in [0.15, 0.2) is 5.13 Å². The number of likely N-dealkylation sites (tertiary alicyclic amines) is 1. The second-order valence-electron chi connectivity index (χ2n) is 8.12. The monoisotopic (exact) mass is 451 g/mol. The van der Waals surface area contributed by atoms with Gasteiger partial charge in [-0.25, -0.2) is 4.98 Å². The number of thiazole rings is 1. The Morgan fingerprint density at radius 1 is 1.12 bits per heavy atom. The van der Waals surface area contributed by atoms with Gasteiger partial charge in [0.2, 0.25) is 0 Å². The van der Waals surface area contributed by atoms with Crippen molar-refractivity contribution in [1.82, 2.24) is 9.88 Å². The van der Waals surface area contributed by atoms with Gasteiger partial charge < -0.3 is 9.84 Å². The largest absolute Gasteiger partial charge is 0.384 e. The third-order valence-electron chi connectivity index (χ3n) is 5.61. The average molecular weight is 452 g/mol. The Morgan fingerprint density at radius 3 is 2.28 bits per heavy atom. The van der Waals surface area contributed by atoms with Gasteiger partial charge in [-0.2, -0.15) is 0 Å². The van der Waals surface area contributed by atoms with Crippen molar-refractivity contribution in [3.05, 3.63) is 82.9 Å². The first-order chi connectivity index (χ1) is 15.6. The molecule has 4 rings (SSSR count). The van der Waals surface area contributed by atoms with E-state index in [2.05, 4.69) is 63.7 Å². The van der Waals surface area contributed by atoms with Gasteiger partial charge in [0, 0.05) is 25.0 Å². The fourth-order valence-electron chi connectivity index (χ4n) is 3.88. The first kappa shape index (κ1) is 22.6. The van der Waals surface area contributed by atoms with Crippen LogP contribution in [0.3, 0.4) is 0 Å². The Kier molecular flexibility index (Phi) is 7.65. The standard InChI is InChI=1S/C25H29N3O3S/c1-18(29)24(30)27-25-26-21(17-32-25)16-28-14-12-22(13-15-28)31-23(19-8-4-2-5-9-19)20-10-6-3-7-11-20/h2-11,17-18,22-23,29H,12-16H2,1H3,(H,26,27,30)/t18-/m1/s1. The maximum Gasteiger partial charge on any atom is 0.254 e. The lowest BCUT2D eigenvalue weighted by Gasteiger charge is -2.34. The van der Waals surface area contributed by atoms with Crippen molar-refractivity contribution < 1.29 is 14.6 Å². The van der Waals surface area contributed by atoms with Crippen molar-refractivity contribution >= 4 is 22.4 Å². The molecule has 0 radical (unpaired) electrons. The molecule has 1 fully saturated rings. The number of benzene rings is 2. The van der Waals surface area contributed by atoms with Crippen molar-refractivity contribution in [3.8, 4) is 0 Å². The summed E-state index contributed by atoms with van der Waals surface area (Å²) in [7, 11) is 0. The minimum atomic E-state index is -1.04. The van der Waals surface area contributed by atoms with Crippen molar-refractivity contribution in [2.45, 2.75) is 44.6 Å². The molecule has 0 aliphatic carbocycles. The number of carbonyl (C=O) groups is 1. The highest BCUT2D eigenvalue weighted by molar-refractivity contribution is 7.13. The quantitative estimate of drug-likeness (QED) is 0.536. The molecule has 1 saturated heterocycles. The molecule has 1 atom stereocenters. The third-order valence-corrected chi connectivity index (χ3v) is 6.42. The SMILES string of the molecule is C[C@@H](O)C(=O)Nc1nc(CN2CCC(OC(c3ccccc3)c3ccccc3)CC2)cs1.